The van der Waals surface area contributed by atoms with Crippen LogP contribution in [0.3, 0.4) is 0 Å². The maximum atomic E-state index is 12.2. The number of halogens is 3. The van der Waals surface area contributed by atoms with Crippen LogP contribution in [0.1, 0.15) is 5.56 Å². The summed E-state index contributed by atoms with van der Waals surface area (Å²) in [4.78, 5) is 10.3. The fourth-order valence-corrected chi connectivity index (χ4v) is 0.779. The largest absolute Gasteiger partial charge is 0.420 e. The van der Waals surface area contributed by atoms with E-state index in [1.54, 1.807) is 5.32 Å². The average Bonchev–Trinajstić information content (AvgIpc) is 2.01. The zero-order valence-electron chi connectivity index (χ0n) is 6.67. The van der Waals surface area contributed by atoms with Gasteiger partial charge < -0.3 is 11.1 Å². The molecule has 1 aromatic heterocycles. The van der Waals surface area contributed by atoms with Crippen LogP contribution >= 0.6 is 0 Å². The van der Waals surface area contributed by atoms with Crippen LogP contribution in [0.15, 0.2) is 12.4 Å². The number of anilines is 1. The van der Waals surface area contributed by atoms with E-state index in [0.717, 1.165) is 6.20 Å². The molecular formula is C6H5F3N4O. The minimum atomic E-state index is -4.60. The Morgan fingerprint density at radius 2 is 1.93 bits per heavy atom. The Hall–Kier alpha value is -1.86. The molecule has 5 nitrogen and oxygen atoms in total. The number of hydrogen-bond donors (Lipinski definition) is 2. The Bertz CT molecular complexity index is 351. The van der Waals surface area contributed by atoms with Gasteiger partial charge in [-0.3, -0.25) is 0 Å². The van der Waals surface area contributed by atoms with Crippen LogP contribution in [0.2, 0.25) is 0 Å². The van der Waals surface area contributed by atoms with Crippen molar-refractivity contribution in [2.75, 3.05) is 5.32 Å². The van der Waals surface area contributed by atoms with Gasteiger partial charge in [0.15, 0.2) is 0 Å². The fraction of sp³-hybridized carbons (Fsp3) is 0.167. The third-order valence-corrected chi connectivity index (χ3v) is 1.29. The van der Waals surface area contributed by atoms with E-state index < -0.39 is 23.5 Å². The molecule has 0 atom stereocenters. The molecule has 14 heavy (non-hydrogen) atoms. The van der Waals surface area contributed by atoms with Gasteiger partial charge in [-0.25, -0.2) is 4.79 Å². The first-order valence-corrected chi connectivity index (χ1v) is 3.35. The smallest absolute Gasteiger partial charge is 0.351 e. The van der Waals surface area contributed by atoms with Crippen molar-refractivity contribution < 1.29 is 18.0 Å². The van der Waals surface area contributed by atoms with Crippen molar-refractivity contribution >= 4 is 11.7 Å². The van der Waals surface area contributed by atoms with E-state index in [9.17, 15) is 18.0 Å². The number of alkyl halides is 3. The van der Waals surface area contributed by atoms with E-state index in [1.807, 2.05) is 0 Å². The first kappa shape index (κ1) is 10.2. The first-order valence-electron chi connectivity index (χ1n) is 3.35. The third-order valence-electron chi connectivity index (χ3n) is 1.29. The number of nitrogens with zero attached hydrogens (tertiary/aromatic N) is 2. The number of rotatable bonds is 1. The summed E-state index contributed by atoms with van der Waals surface area (Å²) < 4.78 is 36.7. The minimum Gasteiger partial charge on any atom is -0.351 e. The van der Waals surface area contributed by atoms with Crippen LogP contribution in [0, 0.1) is 0 Å². The van der Waals surface area contributed by atoms with Crippen molar-refractivity contribution in [3.05, 3.63) is 18.0 Å². The predicted octanol–water partition coefficient (Wildman–Crippen LogP) is 0.986. The molecule has 76 valence electrons. The third kappa shape index (κ3) is 2.31. The number of hydrogen-bond acceptors (Lipinski definition) is 3. The lowest BCUT2D eigenvalue weighted by Gasteiger charge is -2.10. The zero-order chi connectivity index (χ0) is 10.8. The van der Waals surface area contributed by atoms with Gasteiger partial charge >= 0.3 is 12.2 Å². The second-order valence-corrected chi connectivity index (χ2v) is 2.30. The Kier molecular flexibility index (Phi) is 2.54. The molecule has 0 saturated carbocycles. The van der Waals surface area contributed by atoms with Gasteiger partial charge in [-0.2, -0.15) is 23.4 Å². The molecule has 2 amide bonds. The predicted molar refractivity (Wildman–Crippen MR) is 40.2 cm³/mol. The SMILES string of the molecule is NC(=O)Nc1cnncc1C(F)(F)F. The number of nitrogens with two attached hydrogens (primary N) is 1. The monoisotopic (exact) mass is 206 g/mol. The standard InChI is InChI=1S/C6H5F3N4O/c7-6(8,9)3-1-11-12-2-4(3)13-5(10)14/h1-2H,(H3,10,11,13,14). The molecule has 0 bridgehead atoms. The molecule has 0 aliphatic carbocycles. The minimum absolute atomic E-state index is 0.505. The highest BCUT2D eigenvalue weighted by atomic mass is 19.4. The molecular weight excluding hydrogens is 201 g/mol. The highest BCUT2D eigenvalue weighted by Gasteiger charge is 2.34. The summed E-state index contributed by atoms with van der Waals surface area (Å²) in [5, 5.41) is 8.04. The van der Waals surface area contributed by atoms with Gasteiger partial charge in [-0.15, -0.1) is 0 Å². The van der Waals surface area contributed by atoms with Gasteiger partial charge in [0.2, 0.25) is 0 Å². The summed E-state index contributed by atoms with van der Waals surface area (Å²) in [5.74, 6) is 0. The van der Waals surface area contributed by atoms with Crippen molar-refractivity contribution in [3.8, 4) is 0 Å². The topological polar surface area (TPSA) is 80.9 Å². The summed E-state index contributed by atoms with van der Waals surface area (Å²) >= 11 is 0. The highest BCUT2D eigenvalue weighted by molar-refractivity contribution is 5.88. The number of primary amides is 1. The number of carbonyl (C=O) groups excluding carboxylic acids is 1. The van der Waals surface area contributed by atoms with E-state index in [1.165, 1.54) is 0 Å². The molecule has 0 aromatic carbocycles. The Labute approximate surface area is 76.1 Å². The molecule has 0 aliphatic heterocycles. The number of amides is 2. The second-order valence-electron chi connectivity index (χ2n) is 2.30. The molecule has 0 unspecified atom stereocenters. The summed E-state index contributed by atoms with van der Waals surface area (Å²) in [5.41, 5.74) is 3.07. The van der Waals surface area contributed by atoms with E-state index in [2.05, 4.69) is 15.9 Å². The second kappa shape index (κ2) is 3.48. The summed E-state index contributed by atoms with van der Waals surface area (Å²) in [7, 11) is 0. The van der Waals surface area contributed by atoms with Gasteiger partial charge in [0.25, 0.3) is 0 Å². The molecule has 0 spiro atoms. The van der Waals surface area contributed by atoms with Crippen molar-refractivity contribution in [3.63, 3.8) is 0 Å². The molecule has 1 rings (SSSR count). The number of carbonyl (C=O) groups is 1. The van der Waals surface area contributed by atoms with E-state index >= 15 is 0 Å². The normalized spacial score (nSPS) is 11.1. The van der Waals surface area contributed by atoms with Gasteiger partial charge in [0, 0.05) is 0 Å². The number of urea groups is 1. The lowest BCUT2D eigenvalue weighted by molar-refractivity contribution is -0.137. The van der Waals surface area contributed by atoms with Crippen molar-refractivity contribution in [1.29, 1.82) is 0 Å². The van der Waals surface area contributed by atoms with E-state index in [4.69, 9.17) is 0 Å². The van der Waals surface area contributed by atoms with Crippen molar-refractivity contribution in [2.24, 2.45) is 5.73 Å². The quantitative estimate of drug-likeness (QED) is 0.718. The zero-order valence-corrected chi connectivity index (χ0v) is 6.67. The van der Waals surface area contributed by atoms with Gasteiger partial charge in [-0.1, -0.05) is 0 Å². The van der Waals surface area contributed by atoms with Crippen LogP contribution in [0.4, 0.5) is 23.7 Å². The summed E-state index contributed by atoms with van der Waals surface area (Å²) in [6, 6.07) is -1.09. The molecule has 0 fully saturated rings. The molecule has 1 heterocycles. The first-order chi connectivity index (χ1) is 6.41. The molecule has 8 heteroatoms. The lowest BCUT2D eigenvalue weighted by atomic mass is 10.2. The maximum absolute atomic E-state index is 12.2. The number of aromatic nitrogens is 2. The lowest BCUT2D eigenvalue weighted by Crippen LogP contribution is -2.22. The molecule has 3 N–H and O–H groups in total. The van der Waals surface area contributed by atoms with E-state index in [-0.39, 0.29) is 0 Å². The van der Waals surface area contributed by atoms with Crippen molar-refractivity contribution in [2.45, 2.75) is 6.18 Å². The van der Waals surface area contributed by atoms with Gasteiger partial charge in [0.05, 0.1) is 18.1 Å². The molecule has 1 aromatic rings. The highest BCUT2D eigenvalue weighted by Crippen LogP contribution is 2.33. The average molecular weight is 206 g/mol. The molecule has 0 saturated heterocycles. The Balaban J connectivity index is 3.10. The number of nitrogens with one attached hydrogen (secondary N) is 1. The Morgan fingerprint density at radius 1 is 1.36 bits per heavy atom. The maximum Gasteiger partial charge on any atom is 0.420 e. The van der Waals surface area contributed by atoms with Gasteiger partial charge in [0.1, 0.15) is 5.56 Å². The summed E-state index contributed by atoms with van der Waals surface area (Å²) in [6.07, 6.45) is -3.33. The fourth-order valence-electron chi connectivity index (χ4n) is 0.779. The van der Waals surface area contributed by atoms with Crippen LogP contribution in [0.25, 0.3) is 0 Å². The van der Waals surface area contributed by atoms with Crippen LogP contribution in [-0.4, -0.2) is 16.2 Å². The summed E-state index contributed by atoms with van der Waals surface area (Å²) in [6.45, 7) is 0. The van der Waals surface area contributed by atoms with E-state index in [0.29, 0.717) is 6.20 Å². The van der Waals surface area contributed by atoms with Crippen molar-refractivity contribution in [1.82, 2.24) is 10.2 Å². The van der Waals surface area contributed by atoms with Gasteiger partial charge in [-0.05, 0) is 0 Å². The Morgan fingerprint density at radius 3 is 2.43 bits per heavy atom. The van der Waals surface area contributed by atoms with Crippen LogP contribution in [0.5, 0.6) is 0 Å². The molecule has 0 radical (unpaired) electrons. The molecule has 0 aliphatic rings. The van der Waals surface area contributed by atoms with Crippen LogP contribution < -0.4 is 11.1 Å². The van der Waals surface area contributed by atoms with Crippen LogP contribution in [-0.2, 0) is 6.18 Å².